The number of fused-ring (bicyclic) bond motifs is 3. The van der Waals surface area contributed by atoms with Gasteiger partial charge in [-0.05, 0) is 18.2 Å². The molecule has 0 fully saturated rings. The fourth-order valence-corrected chi connectivity index (χ4v) is 3.37. The van der Waals surface area contributed by atoms with Crippen molar-refractivity contribution in [3.8, 4) is 5.75 Å². The Bertz CT molecular complexity index is 1080. The maximum Gasteiger partial charge on any atom is 0.322 e. The molecule has 0 N–H and O–H groups in total. The number of benzene rings is 2. The average molecular weight is 326 g/mol. The minimum atomic E-state index is -0.280. The van der Waals surface area contributed by atoms with Crippen LogP contribution in [0, 0.1) is 0 Å². The Balaban J connectivity index is 1.95. The largest absolute Gasteiger partial charge is 0.568 e. The van der Waals surface area contributed by atoms with Gasteiger partial charge < -0.3 is 4.65 Å². The monoisotopic (exact) mass is 326 g/mol. The molecule has 0 atom stereocenters. The lowest BCUT2D eigenvalue weighted by Crippen LogP contribution is -2.21. The zero-order chi connectivity index (χ0) is 17.4. The summed E-state index contributed by atoms with van der Waals surface area (Å²) in [6.07, 6.45) is 1.82. The summed E-state index contributed by atoms with van der Waals surface area (Å²) in [6, 6.07) is 20.6. The smallest absolute Gasteiger partial charge is 0.322 e. The van der Waals surface area contributed by atoms with Crippen LogP contribution in [0.3, 0.4) is 0 Å². The van der Waals surface area contributed by atoms with Gasteiger partial charge in [-0.2, -0.15) is 0 Å². The quantitative estimate of drug-likeness (QED) is 0.421. The molecule has 2 heterocycles. The van der Waals surface area contributed by atoms with E-state index in [-0.39, 0.29) is 5.41 Å². The van der Waals surface area contributed by atoms with Gasteiger partial charge in [-0.15, -0.1) is 0 Å². The number of hydrogen-bond donors (Lipinski definition) is 0. The summed E-state index contributed by atoms with van der Waals surface area (Å²) in [5.74, 6) is 0.880. The molecule has 0 saturated carbocycles. The van der Waals surface area contributed by atoms with Crippen LogP contribution in [-0.2, 0) is 5.41 Å². The molecular weight excluding hydrogens is 307 g/mol. The number of nitrogens with zero attached hydrogens (tertiary/aromatic N) is 2. The third-order valence-electron chi connectivity index (χ3n) is 4.85. The van der Waals surface area contributed by atoms with E-state index in [4.69, 9.17) is 9.64 Å². The molecule has 0 aliphatic carbocycles. The van der Waals surface area contributed by atoms with Crippen LogP contribution < -0.4 is 4.65 Å². The summed E-state index contributed by atoms with van der Waals surface area (Å²) < 4.78 is 5.57. The maximum absolute atomic E-state index is 5.57. The molecule has 4 heteroatoms. The van der Waals surface area contributed by atoms with Crippen LogP contribution >= 0.6 is 0 Å². The van der Waals surface area contributed by atoms with Gasteiger partial charge in [0.05, 0.1) is 16.7 Å². The van der Waals surface area contributed by atoms with Gasteiger partial charge in [0.2, 0.25) is 0 Å². The van der Waals surface area contributed by atoms with Gasteiger partial charge in [0.1, 0.15) is 5.75 Å². The highest BCUT2D eigenvalue weighted by Crippen LogP contribution is 2.37. The Morgan fingerprint density at radius 1 is 0.840 bits per heavy atom. The van der Waals surface area contributed by atoms with E-state index in [1.54, 1.807) is 8.05 Å². The number of para-hydroxylation sites is 1. The summed E-state index contributed by atoms with van der Waals surface area (Å²) in [5, 5.41) is 2.21. The van der Waals surface area contributed by atoms with E-state index in [1.165, 1.54) is 0 Å². The van der Waals surface area contributed by atoms with Crippen LogP contribution in [0.2, 0.25) is 0 Å². The second kappa shape index (κ2) is 5.89. The third-order valence-corrected chi connectivity index (χ3v) is 4.85. The summed E-state index contributed by atoms with van der Waals surface area (Å²) >= 11 is 0. The maximum atomic E-state index is 5.57. The van der Waals surface area contributed by atoms with Crippen molar-refractivity contribution >= 4 is 29.9 Å². The number of hydrogen-bond acceptors (Lipinski definition) is 3. The van der Waals surface area contributed by atoms with Crippen LogP contribution in [0.4, 0.5) is 0 Å². The van der Waals surface area contributed by atoms with Gasteiger partial charge in [0.25, 0.3) is 0 Å². The van der Waals surface area contributed by atoms with E-state index >= 15 is 0 Å². The third kappa shape index (κ3) is 2.54. The molecule has 0 spiro atoms. The summed E-state index contributed by atoms with van der Waals surface area (Å²) in [7, 11) is 1.71. The van der Waals surface area contributed by atoms with Crippen LogP contribution in [-0.4, -0.2) is 18.0 Å². The zero-order valence-electron chi connectivity index (χ0n) is 14.7. The van der Waals surface area contributed by atoms with Gasteiger partial charge >= 0.3 is 8.05 Å². The van der Waals surface area contributed by atoms with Crippen molar-refractivity contribution in [1.82, 2.24) is 9.97 Å². The van der Waals surface area contributed by atoms with Crippen molar-refractivity contribution in [2.24, 2.45) is 0 Å². The molecule has 3 nitrogen and oxygen atoms in total. The summed E-state index contributed by atoms with van der Waals surface area (Å²) in [6.45, 7) is 4.36. The number of aromatic nitrogens is 2. The van der Waals surface area contributed by atoms with Crippen LogP contribution in [0.25, 0.3) is 21.8 Å². The molecule has 0 saturated heterocycles. The van der Waals surface area contributed by atoms with Crippen molar-refractivity contribution in [2.45, 2.75) is 19.3 Å². The zero-order valence-corrected chi connectivity index (χ0v) is 14.7. The molecule has 4 rings (SSSR count). The highest BCUT2D eigenvalue weighted by molar-refractivity contribution is 6.02. The topological polar surface area (TPSA) is 35.0 Å². The SMILES string of the molecule is BOc1ccccc1C(C)(C)c1ccc2ccc3cccnc3c2n1. The first kappa shape index (κ1) is 15.6. The summed E-state index contributed by atoms with van der Waals surface area (Å²) in [4.78, 5) is 9.56. The predicted molar refractivity (Wildman–Crippen MR) is 105 cm³/mol. The fraction of sp³-hybridized carbons (Fsp3) is 0.143. The Kier molecular flexibility index (Phi) is 3.68. The average Bonchev–Trinajstić information content (AvgIpc) is 2.67. The second-order valence-electron chi connectivity index (χ2n) is 6.73. The molecular formula is C21H19BN2O. The number of rotatable bonds is 3. The Morgan fingerprint density at radius 3 is 2.36 bits per heavy atom. The van der Waals surface area contributed by atoms with Crippen molar-refractivity contribution in [3.63, 3.8) is 0 Å². The van der Waals surface area contributed by atoms with Gasteiger partial charge in [0.15, 0.2) is 0 Å². The minimum Gasteiger partial charge on any atom is -0.568 e. The molecule has 4 aromatic rings. The molecule has 0 aliphatic rings. The molecule has 25 heavy (non-hydrogen) atoms. The van der Waals surface area contributed by atoms with Crippen LogP contribution in [0.15, 0.2) is 66.9 Å². The second-order valence-corrected chi connectivity index (χ2v) is 6.73. The van der Waals surface area contributed by atoms with Gasteiger partial charge in [-0.25, -0.2) is 4.98 Å². The first-order valence-electron chi connectivity index (χ1n) is 8.40. The lowest BCUT2D eigenvalue weighted by atomic mass is 9.80. The molecule has 2 aromatic heterocycles. The fourth-order valence-electron chi connectivity index (χ4n) is 3.37. The number of pyridine rings is 2. The Morgan fingerprint density at radius 2 is 1.56 bits per heavy atom. The Labute approximate surface area is 148 Å². The molecule has 122 valence electrons. The molecule has 0 radical (unpaired) electrons. The first-order valence-corrected chi connectivity index (χ1v) is 8.40. The summed E-state index contributed by atoms with van der Waals surface area (Å²) in [5.41, 5.74) is 3.73. The van der Waals surface area contributed by atoms with E-state index < -0.39 is 0 Å². The molecule has 0 amide bonds. The molecule has 0 bridgehead atoms. The van der Waals surface area contributed by atoms with Gasteiger partial charge in [-0.3, -0.25) is 4.98 Å². The van der Waals surface area contributed by atoms with Crippen molar-refractivity contribution in [2.75, 3.05) is 0 Å². The molecule has 0 aliphatic heterocycles. The van der Waals surface area contributed by atoms with E-state index in [0.717, 1.165) is 38.8 Å². The van der Waals surface area contributed by atoms with Crippen molar-refractivity contribution in [1.29, 1.82) is 0 Å². The van der Waals surface area contributed by atoms with Crippen LogP contribution in [0.1, 0.15) is 25.1 Å². The lowest BCUT2D eigenvalue weighted by Gasteiger charge is -2.27. The highest BCUT2D eigenvalue weighted by atomic mass is 16.4. The van der Waals surface area contributed by atoms with Crippen molar-refractivity contribution < 1.29 is 4.65 Å². The van der Waals surface area contributed by atoms with E-state index in [1.807, 2.05) is 30.5 Å². The standard InChI is InChI=1S/C21H19BN2O/c1-21(2,16-7-3-4-8-17(16)25-22)18-12-11-15-10-9-14-6-5-13-23-19(14)20(15)24-18/h3-13H,22H2,1-2H3. The molecule has 0 unspecified atom stereocenters. The minimum absolute atomic E-state index is 0.280. The van der Waals surface area contributed by atoms with Crippen molar-refractivity contribution in [3.05, 3.63) is 78.1 Å². The Hall–Kier alpha value is -2.88. The van der Waals surface area contributed by atoms with E-state index in [9.17, 15) is 0 Å². The first-order chi connectivity index (χ1) is 12.1. The lowest BCUT2D eigenvalue weighted by molar-refractivity contribution is 0.551. The van der Waals surface area contributed by atoms with Crippen LogP contribution in [0.5, 0.6) is 5.75 Å². The van der Waals surface area contributed by atoms with Gasteiger partial charge in [0, 0.05) is 27.9 Å². The van der Waals surface area contributed by atoms with E-state index in [2.05, 4.69) is 55.2 Å². The molecule has 2 aromatic carbocycles. The predicted octanol–water partition coefficient (Wildman–Crippen LogP) is 4.04. The van der Waals surface area contributed by atoms with Gasteiger partial charge in [-0.1, -0.05) is 56.3 Å². The highest BCUT2D eigenvalue weighted by Gasteiger charge is 2.28. The normalized spacial score (nSPS) is 11.8. The van der Waals surface area contributed by atoms with E-state index in [0.29, 0.717) is 0 Å².